The van der Waals surface area contributed by atoms with Gasteiger partial charge in [-0.2, -0.15) is 0 Å². The first kappa shape index (κ1) is 29.4. The third kappa shape index (κ3) is 5.82. The molecule has 0 radical (unpaired) electrons. The first-order valence-corrected chi connectivity index (χ1v) is 16.4. The Morgan fingerprint density at radius 2 is 2.00 bits per heavy atom. The standard InChI is InChI=1S/C31H26ClN3O5S3/c1-4-8-21-26(29(37)39-5-2)27(19-15-17(32)11-13-22(19)38-3)35-28(36)24(41-30(35)33-21)16-18-12-14-25(40-18)43-31-34-20-9-6-7-10-23(20)42-31/h6-7,9-16,27H,4-5,8H2,1-3H3/b24-16+/t27-/m1/s1. The summed E-state index contributed by atoms with van der Waals surface area (Å²) in [5.41, 5.74) is 2.08. The second-order valence-corrected chi connectivity index (χ2v) is 13.2. The van der Waals surface area contributed by atoms with Crippen LogP contribution in [0.2, 0.25) is 5.02 Å². The highest BCUT2D eigenvalue weighted by Gasteiger charge is 2.36. The predicted molar refractivity (Wildman–Crippen MR) is 170 cm³/mol. The molecule has 1 atom stereocenters. The van der Waals surface area contributed by atoms with Gasteiger partial charge in [-0.3, -0.25) is 9.36 Å². The van der Waals surface area contributed by atoms with Crippen molar-refractivity contribution in [3.8, 4) is 5.75 Å². The number of ether oxygens (including phenoxy) is 2. The molecule has 2 aromatic carbocycles. The van der Waals surface area contributed by atoms with Crippen molar-refractivity contribution in [2.24, 2.45) is 4.99 Å². The van der Waals surface area contributed by atoms with Crippen molar-refractivity contribution in [3.63, 3.8) is 0 Å². The minimum atomic E-state index is -0.839. The first-order chi connectivity index (χ1) is 20.9. The highest BCUT2D eigenvalue weighted by Crippen LogP contribution is 2.38. The van der Waals surface area contributed by atoms with Gasteiger partial charge in [-0.1, -0.05) is 48.4 Å². The second kappa shape index (κ2) is 12.5. The number of allylic oxidation sites excluding steroid dienone is 1. The Morgan fingerprint density at radius 1 is 1.16 bits per heavy atom. The van der Waals surface area contributed by atoms with Crippen LogP contribution in [-0.4, -0.2) is 29.2 Å². The Balaban J connectivity index is 1.45. The van der Waals surface area contributed by atoms with Crippen molar-refractivity contribution in [1.82, 2.24) is 9.55 Å². The fraction of sp³-hybridized carbons (Fsp3) is 0.226. The van der Waals surface area contributed by atoms with Crippen LogP contribution in [0.15, 0.2) is 89.5 Å². The normalized spacial score (nSPS) is 15.1. The smallest absolute Gasteiger partial charge is 0.338 e. The molecule has 0 bridgehead atoms. The van der Waals surface area contributed by atoms with Crippen molar-refractivity contribution >= 4 is 68.3 Å². The molecule has 0 saturated carbocycles. The molecule has 6 rings (SSSR count). The van der Waals surface area contributed by atoms with Gasteiger partial charge in [-0.15, -0.1) is 11.3 Å². The summed E-state index contributed by atoms with van der Waals surface area (Å²) in [7, 11) is 1.54. The van der Waals surface area contributed by atoms with Crippen LogP contribution in [0, 0.1) is 0 Å². The second-order valence-electron chi connectivity index (χ2n) is 9.51. The summed E-state index contributed by atoms with van der Waals surface area (Å²) >= 11 is 10.7. The van der Waals surface area contributed by atoms with E-state index in [1.807, 2.05) is 43.3 Å². The average Bonchev–Trinajstić information content (AvgIpc) is 3.70. The molecule has 0 N–H and O–H groups in total. The molecule has 3 aromatic heterocycles. The van der Waals surface area contributed by atoms with Crippen LogP contribution in [0.5, 0.6) is 5.75 Å². The van der Waals surface area contributed by atoms with E-state index in [1.165, 1.54) is 34.8 Å². The fourth-order valence-corrected chi connectivity index (χ4v) is 8.06. The van der Waals surface area contributed by atoms with Gasteiger partial charge in [0, 0.05) is 16.7 Å². The summed E-state index contributed by atoms with van der Waals surface area (Å²) in [5, 5.41) is 1.11. The molecular formula is C31H26ClN3O5S3. The maximum Gasteiger partial charge on any atom is 0.338 e. The van der Waals surface area contributed by atoms with Gasteiger partial charge in [-0.05, 0) is 67.6 Å². The van der Waals surface area contributed by atoms with Crippen LogP contribution in [0.1, 0.15) is 44.1 Å². The quantitative estimate of drug-likeness (QED) is 0.166. The molecule has 5 aromatic rings. The summed E-state index contributed by atoms with van der Waals surface area (Å²) in [6, 6.07) is 16.0. The minimum absolute atomic E-state index is 0.182. The molecular weight excluding hydrogens is 626 g/mol. The average molecular weight is 652 g/mol. The van der Waals surface area contributed by atoms with Crippen molar-refractivity contribution < 1.29 is 18.7 Å². The third-order valence-electron chi connectivity index (χ3n) is 6.72. The number of nitrogens with zero attached hydrogens (tertiary/aromatic N) is 3. The van der Waals surface area contributed by atoms with Gasteiger partial charge in [0.1, 0.15) is 17.6 Å². The largest absolute Gasteiger partial charge is 0.496 e. The van der Waals surface area contributed by atoms with Crippen LogP contribution in [0.3, 0.4) is 0 Å². The molecule has 8 nitrogen and oxygen atoms in total. The summed E-state index contributed by atoms with van der Waals surface area (Å²) in [5.74, 6) is 0.480. The van der Waals surface area contributed by atoms with Crippen LogP contribution in [-0.2, 0) is 9.53 Å². The first-order valence-electron chi connectivity index (χ1n) is 13.6. The lowest BCUT2D eigenvalue weighted by atomic mass is 9.93. The Bertz CT molecular complexity index is 2020. The number of methoxy groups -OCH3 is 1. The number of furan rings is 1. The summed E-state index contributed by atoms with van der Waals surface area (Å²) < 4.78 is 21.1. The Labute approximate surface area is 264 Å². The Morgan fingerprint density at radius 3 is 2.77 bits per heavy atom. The molecule has 0 fully saturated rings. The van der Waals surface area contributed by atoms with Crippen LogP contribution in [0.25, 0.3) is 16.3 Å². The van der Waals surface area contributed by atoms with Crippen molar-refractivity contribution in [1.29, 1.82) is 0 Å². The molecule has 43 heavy (non-hydrogen) atoms. The van der Waals surface area contributed by atoms with Crippen LogP contribution < -0.4 is 19.6 Å². The number of hydrogen-bond donors (Lipinski definition) is 0. The van der Waals surface area contributed by atoms with Crippen LogP contribution in [0.4, 0.5) is 0 Å². The van der Waals surface area contributed by atoms with Gasteiger partial charge in [0.15, 0.2) is 14.2 Å². The van der Waals surface area contributed by atoms with Gasteiger partial charge < -0.3 is 13.9 Å². The molecule has 4 heterocycles. The van der Waals surface area contributed by atoms with E-state index in [1.54, 1.807) is 42.5 Å². The topological polar surface area (TPSA) is 95.9 Å². The number of carbonyl (C=O) groups excluding carboxylic acids is 1. The lowest BCUT2D eigenvalue weighted by molar-refractivity contribution is -0.139. The zero-order valence-electron chi connectivity index (χ0n) is 23.5. The highest BCUT2D eigenvalue weighted by molar-refractivity contribution is 8.01. The molecule has 0 amide bonds. The van der Waals surface area contributed by atoms with Gasteiger partial charge >= 0.3 is 5.97 Å². The highest BCUT2D eigenvalue weighted by atomic mass is 35.5. The molecule has 0 spiro atoms. The lowest BCUT2D eigenvalue weighted by Gasteiger charge is -2.27. The number of para-hydroxylation sites is 1. The predicted octanol–water partition coefficient (Wildman–Crippen LogP) is 6.59. The van der Waals surface area contributed by atoms with Gasteiger partial charge in [0.05, 0.1) is 39.7 Å². The van der Waals surface area contributed by atoms with Crippen molar-refractivity contribution in [3.05, 3.63) is 102 Å². The number of fused-ring (bicyclic) bond motifs is 2. The van der Waals surface area contributed by atoms with E-state index >= 15 is 0 Å². The minimum Gasteiger partial charge on any atom is -0.496 e. The molecule has 1 aliphatic heterocycles. The maximum atomic E-state index is 14.1. The van der Waals surface area contributed by atoms with Crippen molar-refractivity contribution in [2.45, 2.75) is 42.2 Å². The molecule has 0 saturated heterocycles. The number of rotatable bonds is 9. The zero-order chi connectivity index (χ0) is 30.1. The van der Waals surface area contributed by atoms with E-state index in [0.717, 1.165) is 21.0 Å². The number of benzene rings is 2. The molecule has 0 aliphatic carbocycles. The SMILES string of the molecule is CCCC1=C(C(=O)OCC)[C@@H](c2cc(Cl)ccc2OC)n2c(s/c(=C/c3ccc(Sc4nc5ccccc5s4)o3)c2=O)=N1. The number of halogens is 1. The van der Waals surface area contributed by atoms with Gasteiger partial charge in [0.2, 0.25) is 0 Å². The van der Waals surface area contributed by atoms with Crippen LogP contribution >= 0.6 is 46.0 Å². The number of hydrogen-bond acceptors (Lipinski definition) is 10. The number of thiazole rings is 2. The number of esters is 1. The van der Waals surface area contributed by atoms with E-state index in [-0.39, 0.29) is 12.2 Å². The van der Waals surface area contributed by atoms with E-state index in [9.17, 15) is 9.59 Å². The number of carbonyl (C=O) groups is 1. The van der Waals surface area contributed by atoms with Gasteiger partial charge in [0.25, 0.3) is 5.56 Å². The van der Waals surface area contributed by atoms with E-state index in [0.29, 0.717) is 54.2 Å². The molecule has 220 valence electrons. The summed E-state index contributed by atoms with van der Waals surface area (Å²) in [6.07, 6.45) is 2.98. The summed E-state index contributed by atoms with van der Waals surface area (Å²) in [4.78, 5) is 37.4. The Kier molecular flexibility index (Phi) is 8.58. The monoisotopic (exact) mass is 651 g/mol. The van der Waals surface area contributed by atoms with Crippen molar-refractivity contribution in [2.75, 3.05) is 13.7 Å². The Hall–Kier alpha value is -3.64. The fourth-order valence-electron chi connectivity index (χ4n) is 4.91. The molecule has 0 unspecified atom stereocenters. The van der Waals surface area contributed by atoms with E-state index < -0.39 is 12.0 Å². The lowest BCUT2D eigenvalue weighted by Crippen LogP contribution is -2.40. The molecule has 12 heteroatoms. The maximum absolute atomic E-state index is 14.1. The van der Waals surface area contributed by atoms with Gasteiger partial charge in [-0.25, -0.2) is 14.8 Å². The van der Waals surface area contributed by atoms with E-state index in [4.69, 9.17) is 30.5 Å². The third-order valence-corrected chi connectivity index (χ3v) is 9.95. The summed E-state index contributed by atoms with van der Waals surface area (Å²) in [6.45, 7) is 3.94. The van der Waals surface area contributed by atoms with E-state index in [2.05, 4.69) is 4.98 Å². The molecule has 1 aliphatic rings. The number of aromatic nitrogens is 2. The zero-order valence-corrected chi connectivity index (χ0v) is 26.7.